The summed E-state index contributed by atoms with van der Waals surface area (Å²) in [4.78, 5) is 0. The molecule has 1 aromatic carbocycles. The topological polar surface area (TPSA) is 24.1 Å². The van der Waals surface area contributed by atoms with Crippen LogP contribution in [0.25, 0.3) is 0 Å². The fourth-order valence-corrected chi connectivity index (χ4v) is 2.91. The highest BCUT2D eigenvalue weighted by atomic mass is 15.0. The molecule has 2 rings (SSSR count). The first-order chi connectivity index (χ1) is 8.22. The number of piperidine rings is 1. The van der Waals surface area contributed by atoms with Crippen LogP contribution in [0, 0.1) is 13.8 Å². The molecule has 2 atom stereocenters. The Labute approximate surface area is 105 Å². The molecule has 2 N–H and O–H groups in total. The molecule has 1 heterocycles. The SMILES string of the molecule is CNC(c1ccc(C)cc1C)C1CCCCN1. The predicted octanol–water partition coefficient (Wildman–Crippen LogP) is 2.71. The molecular formula is C15H24N2. The molecule has 2 heteroatoms. The second-order valence-corrected chi connectivity index (χ2v) is 5.18. The Bertz CT molecular complexity index is 367. The van der Waals surface area contributed by atoms with E-state index in [1.807, 2.05) is 0 Å². The van der Waals surface area contributed by atoms with Gasteiger partial charge in [0, 0.05) is 12.1 Å². The molecule has 0 amide bonds. The van der Waals surface area contributed by atoms with Crippen LogP contribution in [0.15, 0.2) is 18.2 Å². The summed E-state index contributed by atoms with van der Waals surface area (Å²) in [6.07, 6.45) is 3.94. The zero-order valence-electron chi connectivity index (χ0n) is 11.2. The number of likely N-dealkylation sites (N-methyl/N-ethyl adjacent to an activating group) is 1. The fraction of sp³-hybridized carbons (Fsp3) is 0.600. The Balaban J connectivity index is 2.21. The minimum absolute atomic E-state index is 0.441. The normalized spacial score (nSPS) is 22.4. The molecule has 1 fully saturated rings. The first-order valence-electron chi connectivity index (χ1n) is 6.70. The number of hydrogen-bond acceptors (Lipinski definition) is 2. The van der Waals surface area contributed by atoms with Crippen LogP contribution in [-0.4, -0.2) is 19.6 Å². The Hall–Kier alpha value is -0.860. The molecule has 0 aromatic heterocycles. The quantitative estimate of drug-likeness (QED) is 0.837. The second kappa shape index (κ2) is 5.65. The van der Waals surface area contributed by atoms with Crippen molar-refractivity contribution >= 4 is 0 Å². The third-order valence-corrected chi connectivity index (χ3v) is 3.82. The molecule has 1 aromatic rings. The lowest BCUT2D eigenvalue weighted by molar-refractivity contribution is 0.326. The summed E-state index contributed by atoms with van der Waals surface area (Å²) >= 11 is 0. The standard InChI is InChI=1S/C15H24N2/c1-11-7-8-13(12(2)10-11)15(16-3)14-6-4-5-9-17-14/h7-8,10,14-17H,4-6,9H2,1-3H3. The molecular weight excluding hydrogens is 208 g/mol. The monoisotopic (exact) mass is 232 g/mol. The van der Waals surface area contributed by atoms with Gasteiger partial charge >= 0.3 is 0 Å². The van der Waals surface area contributed by atoms with Crippen LogP contribution in [0.2, 0.25) is 0 Å². The lowest BCUT2D eigenvalue weighted by Gasteiger charge is -2.32. The van der Waals surface area contributed by atoms with E-state index in [0.29, 0.717) is 12.1 Å². The molecule has 1 aliphatic rings. The smallest absolute Gasteiger partial charge is 0.0476 e. The summed E-state index contributed by atoms with van der Waals surface area (Å²) in [5, 5.41) is 7.13. The van der Waals surface area contributed by atoms with Crippen molar-refractivity contribution in [1.29, 1.82) is 0 Å². The summed E-state index contributed by atoms with van der Waals surface area (Å²) in [5.41, 5.74) is 4.19. The van der Waals surface area contributed by atoms with Crippen molar-refractivity contribution in [3.8, 4) is 0 Å². The van der Waals surface area contributed by atoms with E-state index in [-0.39, 0.29) is 0 Å². The number of nitrogens with one attached hydrogen (secondary N) is 2. The molecule has 0 radical (unpaired) electrons. The van der Waals surface area contributed by atoms with Crippen molar-refractivity contribution in [2.24, 2.45) is 0 Å². The van der Waals surface area contributed by atoms with Gasteiger partial charge in [0.2, 0.25) is 0 Å². The van der Waals surface area contributed by atoms with Crippen molar-refractivity contribution in [2.75, 3.05) is 13.6 Å². The van der Waals surface area contributed by atoms with E-state index in [1.165, 1.54) is 36.0 Å². The van der Waals surface area contributed by atoms with Gasteiger partial charge in [-0.25, -0.2) is 0 Å². The highest BCUT2D eigenvalue weighted by molar-refractivity contribution is 5.33. The van der Waals surface area contributed by atoms with Gasteiger partial charge in [-0.3, -0.25) is 0 Å². The lowest BCUT2D eigenvalue weighted by Crippen LogP contribution is -2.43. The Morgan fingerprint density at radius 2 is 2.12 bits per heavy atom. The van der Waals surface area contributed by atoms with Gasteiger partial charge in [-0.1, -0.05) is 30.2 Å². The minimum atomic E-state index is 0.441. The number of hydrogen-bond donors (Lipinski definition) is 2. The van der Waals surface area contributed by atoms with Crippen LogP contribution in [0.5, 0.6) is 0 Å². The van der Waals surface area contributed by atoms with Crippen LogP contribution in [0.3, 0.4) is 0 Å². The Morgan fingerprint density at radius 3 is 2.71 bits per heavy atom. The second-order valence-electron chi connectivity index (χ2n) is 5.18. The van der Waals surface area contributed by atoms with Gasteiger partial charge in [-0.2, -0.15) is 0 Å². The summed E-state index contributed by atoms with van der Waals surface area (Å²) in [5.74, 6) is 0. The van der Waals surface area contributed by atoms with E-state index in [1.54, 1.807) is 0 Å². The molecule has 0 spiro atoms. The average molecular weight is 232 g/mol. The van der Waals surface area contributed by atoms with Gasteiger partial charge in [0.05, 0.1) is 0 Å². The molecule has 0 saturated carbocycles. The Kier molecular flexibility index (Phi) is 4.19. The minimum Gasteiger partial charge on any atom is -0.312 e. The van der Waals surface area contributed by atoms with Gasteiger partial charge in [0.25, 0.3) is 0 Å². The number of benzene rings is 1. The maximum Gasteiger partial charge on any atom is 0.0476 e. The van der Waals surface area contributed by atoms with Gasteiger partial charge in [-0.15, -0.1) is 0 Å². The van der Waals surface area contributed by atoms with Gasteiger partial charge in [-0.05, 0) is 51.4 Å². The largest absolute Gasteiger partial charge is 0.312 e. The van der Waals surface area contributed by atoms with Crippen LogP contribution in [0.4, 0.5) is 0 Å². The first kappa shape index (κ1) is 12.6. The third-order valence-electron chi connectivity index (χ3n) is 3.82. The maximum atomic E-state index is 3.65. The average Bonchev–Trinajstić information content (AvgIpc) is 2.34. The number of rotatable bonds is 3. The van der Waals surface area contributed by atoms with E-state index in [2.05, 4.69) is 49.7 Å². The highest BCUT2D eigenvalue weighted by Gasteiger charge is 2.24. The zero-order chi connectivity index (χ0) is 12.3. The molecule has 0 bridgehead atoms. The summed E-state index contributed by atoms with van der Waals surface area (Å²) in [7, 11) is 2.07. The van der Waals surface area contributed by atoms with Crippen LogP contribution < -0.4 is 10.6 Å². The van der Waals surface area contributed by atoms with Crippen molar-refractivity contribution < 1.29 is 0 Å². The van der Waals surface area contributed by atoms with Crippen molar-refractivity contribution in [3.05, 3.63) is 34.9 Å². The molecule has 1 aliphatic heterocycles. The van der Waals surface area contributed by atoms with E-state index >= 15 is 0 Å². The first-order valence-corrected chi connectivity index (χ1v) is 6.70. The van der Waals surface area contributed by atoms with Gasteiger partial charge in [0.15, 0.2) is 0 Å². The van der Waals surface area contributed by atoms with E-state index in [4.69, 9.17) is 0 Å². The van der Waals surface area contributed by atoms with Crippen LogP contribution in [0.1, 0.15) is 42.0 Å². The molecule has 0 aliphatic carbocycles. The van der Waals surface area contributed by atoms with Crippen molar-refractivity contribution in [2.45, 2.75) is 45.2 Å². The maximum absolute atomic E-state index is 3.65. The molecule has 2 unspecified atom stereocenters. The van der Waals surface area contributed by atoms with E-state index in [9.17, 15) is 0 Å². The molecule has 1 saturated heterocycles. The van der Waals surface area contributed by atoms with E-state index < -0.39 is 0 Å². The van der Waals surface area contributed by atoms with Crippen molar-refractivity contribution in [1.82, 2.24) is 10.6 Å². The number of aryl methyl sites for hydroxylation is 2. The third kappa shape index (κ3) is 2.88. The summed E-state index contributed by atoms with van der Waals surface area (Å²) in [6, 6.07) is 7.80. The van der Waals surface area contributed by atoms with E-state index in [0.717, 1.165) is 6.54 Å². The molecule has 17 heavy (non-hydrogen) atoms. The predicted molar refractivity (Wildman–Crippen MR) is 73.4 cm³/mol. The van der Waals surface area contributed by atoms with Gasteiger partial charge < -0.3 is 10.6 Å². The molecule has 2 nitrogen and oxygen atoms in total. The van der Waals surface area contributed by atoms with Crippen molar-refractivity contribution in [3.63, 3.8) is 0 Å². The van der Waals surface area contributed by atoms with Gasteiger partial charge in [0.1, 0.15) is 0 Å². The lowest BCUT2D eigenvalue weighted by atomic mass is 9.90. The molecule has 94 valence electrons. The summed E-state index contributed by atoms with van der Waals surface area (Å²) in [6.45, 7) is 5.53. The van der Waals surface area contributed by atoms with Crippen LogP contribution in [-0.2, 0) is 0 Å². The highest BCUT2D eigenvalue weighted by Crippen LogP contribution is 2.25. The fourth-order valence-electron chi connectivity index (χ4n) is 2.91. The summed E-state index contributed by atoms with van der Waals surface area (Å²) < 4.78 is 0. The Morgan fingerprint density at radius 1 is 1.29 bits per heavy atom. The zero-order valence-corrected chi connectivity index (χ0v) is 11.2. The van der Waals surface area contributed by atoms with Crippen LogP contribution >= 0.6 is 0 Å².